The molecule has 0 fully saturated rings. The first-order valence-electron chi connectivity index (χ1n) is 15.4. The summed E-state index contributed by atoms with van der Waals surface area (Å²) in [6, 6.07) is 56.5. The Balaban J connectivity index is 1.26. The lowest BCUT2D eigenvalue weighted by molar-refractivity contribution is 0.669. The van der Waals surface area contributed by atoms with Crippen molar-refractivity contribution in [2.45, 2.75) is 0 Å². The highest BCUT2D eigenvalue weighted by Crippen LogP contribution is 2.42. The van der Waals surface area contributed by atoms with Gasteiger partial charge in [0, 0.05) is 32.6 Å². The van der Waals surface area contributed by atoms with Crippen LogP contribution >= 0.6 is 0 Å². The first kappa shape index (κ1) is 24.4. The third-order valence-electron chi connectivity index (χ3n) is 9.31. The smallest absolute Gasteiger partial charge is 0.137 e. The van der Waals surface area contributed by atoms with Crippen LogP contribution in [0.4, 0.5) is 0 Å². The van der Waals surface area contributed by atoms with Crippen molar-refractivity contribution in [2.75, 3.05) is 0 Å². The maximum absolute atomic E-state index is 6.30. The van der Waals surface area contributed by atoms with Crippen molar-refractivity contribution < 1.29 is 4.42 Å². The molecule has 0 amide bonds. The second-order valence-corrected chi connectivity index (χ2v) is 11.7. The Labute approximate surface area is 258 Å². The van der Waals surface area contributed by atoms with Crippen molar-refractivity contribution >= 4 is 65.6 Å². The summed E-state index contributed by atoms with van der Waals surface area (Å²) in [4.78, 5) is 0. The molecule has 210 valence electrons. The number of rotatable bonds is 3. The average molecular weight is 575 g/mol. The van der Waals surface area contributed by atoms with Gasteiger partial charge in [-0.25, -0.2) is 0 Å². The van der Waals surface area contributed by atoms with Crippen LogP contribution in [0.2, 0.25) is 0 Å². The van der Waals surface area contributed by atoms with Crippen LogP contribution in [0.3, 0.4) is 0 Å². The average Bonchev–Trinajstić information content (AvgIpc) is 3.76. The van der Waals surface area contributed by atoms with Crippen LogP contribution < -0.4 is 0 Å². The molecule has 3 aromatic heterocycles. The lowest BCUT2D eigenvalue weighted by atomic mass is 9.99. The second-order valence-electron chi connectivity index (χ2n) is 11.7. The molecule has 0 atom stereocenters. The Kier molecular flexibility index (Phi) is 5.00. The van der Waals surface area contributed by atoms with E-state index in [2.05, 4.69) is 155 Å². The highest BCUT2D eigenvalue weighted by molar-refractivity contribution is 6.18. The van der Waals surface area contributed by atoms with E-state index >= 15 is 0 Å². The van der Waals surface area contributed by atoms with E-state index in [0.29, 0.717) is 0 Å². The second kappa shape index (κ2) is 9.22. The third kappa shape index (κ3) is 3.41. The molecule has 10 rings (SSSR count). The van der Waals surface area contributed by atoms with Crippen molar-refractivity contribution in [1.82, 2.24) is 9.13 Å². The van der Waals surface area contributed by atoms with E-state index < -0.39 is 0 Å². The van der Waals surface area contributed by atoms with Gasteiger partial charge >= 0.3 is 0 Å². The summed E-state index contributed by atoms with van der Waals surface area (Å²) in [5, 5.41) is 7.28. The molecule has 0 aliphatic carbocycles. The van der Waals surface area contributed by atoms with Crippen molar-refractivity contribution in [3.05, 3.63) is 158 Å². The largest absolute Gasteiger partial charge is 0.456 e. The van der Waals surface area contributed by atoms with Crippen LogP contribution in [0.15, 0.2) is 162 Å². The molecular weight excluding hydrogens is 548 g/mol. The minimum atomic E-state index is 0.898. The van der Waals surface area contributed by atoms with Gasteiger partial charge in [-0.1, -0.05) is 103 Å². The first-order chi connectivity index (χ1) is 22.3. The van der Waals surface area contributed by atoms with Crippen molar-refractivity contribution in [1.29, 1.82) is 0 Å². The van der Waals surface area contributed by atoms with Crippen molar-refractivity contribution in [2.24, 2.45) is 0 Å². The van der Waals surface area contributed by atoms with Gasteiger partial charge in [0.15, 0.2) is 0 Å². The molecule has 0 saturated carbocycles. The Morgan fingerprint density at radius 2 is 0.956 bits per heavy atom. The highest BCUT2D eigenvalue weighted by atomic mass is 16.3. The Hall–Kier alpha value is -6.06. The highest BCUT2D eigenvalue weighted by Gasteiger charge is 2.20. The maximum atomic E-state index is 6.30. The van der Waals surface area contributed by atoms with Gasteiger partial charge in [0.05, 0.1) is 33.1 Å². The monoisotopic (exact) mass is 574 g/mol. The minimum Gasteiger partial charge on any atom is -0.456 e. The molecule has 0 unspecified atom stereocenters. The molecule has 7 aromatic carbocycles. The van der Waals surface area contributed by atoms with Gasteiger partial charge in [-0.2, -0.15) is 0 Å². The maximum Gasteiger partial charge on any atom is 0.137 e. The SMILES string of the molecule is c1cc(-c2cccc3c2c2ccccc2n3-c2cccc3oc4ccccc4c23)cc(-n2c3ccccc3c3ccccc32)c1. The number of hydrogen-bond donors (Lipinski definition) is 0. The molecule has 0 aliphatic heterocycles. The quantitative estimate of drug-likeness (QED) is 0.206. The van der Waals surface area contributed by atoms with E-state index in [1.807, 2.05) is 12.1 Å². The molecule has 0 spiro atoms. The number of furan rings is 1. The van der Waals surface area contributed by atoms with E-state index in [1.54, 1.807) is 0 Å². The molecule has 10 aromatic rings. The zero-order valence-electron chi connectivity index (χ0n) is 24.3. The molecule has 45 heavy (non-hydrogen) atoms. The van der Waals surface area contributed by atoms with Crippen LogP contribution in [-0.4, -0.2) is 9.13 Å². The van der Waals surface area contributed by atoms with Gasteiger partial charge in [0.2, 0.25) is 0 Å². The van der Waals surface area contributed by atoms with E-state index in [0.717, 1.165) is 33.3 Å². The fraction of sp³-hybridized carbons (Fsp3) is 0. The number of para-hydroxylation sites is 4. The molecule has 0 aliphatic rings. The number of benzene rings is 7. The molecular formula is C42H26N2O. The molecule has 0 saturated heterocycles. The van der Waals surface area contributed by atoms with E-state index in [1.165, 1.54) is 54.7 Å². The predicted octanol–water partition coefficient (Wildman–Crippen LogP) is 11.4. The summed E-state index contributed by atoms with van der Waals surface area (Å²) < 4.78 is 11.1. The zero-order valence-corrected chi connectivity index (χ0v) is 24.3. The summed E-state index contributed by atoms with van der Waals surface area (Å²) in [5.41, 5.74) is 11.3. The molecule has 3 heteroatoms. The molecule has 0 bridgehead atoms. The predicted molar refractivity (Wildman–Crippen MR) is 188 cm³/mol. The Bertz CT molecular complexity index is 2720. The number of hydrogen-bond acceptors (Lipinski definition) is 1. The van der Waals surface area contributed by atoms with Crippen LogP contribution in [0.25, 0.3) is 88.1 Å². The molecule has 0 N–H and O–H groups in total. The van der Waals surface area contributed by atoms with Gasteiger partial charge in [0.1, 0.15) is 11.2 Å². The molecule has 0 radical (unpaired) electrons. The summed E-state index contributed by atoms with van der Waals surface area (Å²) in [6.45, 7) is 0. The van der Waals surface area contributed by atoms with Crippen molar-refractivity contribution in [3.8, 4) is 22.5 Å². The normalized spacial score (nSPS) is 12.0. The van der Waals surface area contributed by atoms with Gasteiger partial charge in [0.25, 0.3) is 0 Å². The number of fused-ring (bicyclic) bond motifs is 9. The number of aromatic nitrogens is 2. The van der Waals surface area contributed by atoms with Gasteiger partial charge in [-0.15, -0.1) is 0 Å². The lowest BCUT2D eigenvalue weighted by Crippen LogP contribution is -1.95. The third-order valence-corrected chi connectivity index (χ3v) is 9.31. The molecule has 3 nitrogen and oxygen atoms in total. The van der Waals surface area contributed by atoms with Gasteiger partial charge in [-0.05, 0) is 65.7 Å². The molecule has 3 heterocycles. The van der Waals surface area contributed by atoms with Gasteiger partial charge in [-0.3, -0.25) is 0 Å². The Morgan fingerprint density at radius 1 is 0.378 bits per heavy atom. The van der Waals surface area contributed by atoms with E-state index in [4.69, 9.17) is 4.42 Å². The van der Waals surface area contributed by atoms with Crippen LogP contribution in [0.1, 0.15) is 0 Å². The summed E-state index contributed by atoms with van der Waals surface area (Å²) in [7, 11) is 0. The lowest BCUT2D eigenvalue weighted by Gasteiger charge is -2.12. The fourth-order valence-corrected chi connectivity index (χ4v) is 7.47. The zero-order chi connectivity index (χ0) is 29.5. The van der Waals surface area contributed by atoms with Crippen LogP contribution in [0.5, 0.6) is 0 Å². The number of nitrogens with zero attached hydrogens (tertiary/aromatic N) is 2. The van der Waals surface area contributed by atoms with Gasteiger partial charge < -0.3 is 13.6 Å². The Morgan fingerprint density at radius 3 is 1.73 bits per heavy atom. The van der Waals surface area contributed by atoms with Crippen LogP contribution in [-0.2, 0) is 0 Å². The standard InChI is InChI=1S/C42H26N2O/c1-5-19-34-30(14-1)31-15-2-6-20-35(31)43(34)28-13-9-12-27(26-28)29-18-10-22-37-41(29)32-16-3-7-21-36(32)44(37)38-23-11-25-40-42(38)33-17-4-8-24-39(33)45-40/h1-26H. The first-order valence-corrected chi connectivity index (χ1v) is 15.4. The summed E-state index contributed by atoms with van der Waals surface area (Å²) in [6.07, 6.45) is 0. The fourth-order valence-electron chi connectivity index (χ4n) is 7.47. The summed E-state index contributed by atoms with van der Waals surface area (Å²) >= 11 is 0. The van der Waals surface area contributed by atoms with Crippen LogP contribution in [0, 0.1) is 0 Å². The summed E-state index contributed by atoms with van der Waals surface area (Å²) in [5.74, 6) is 0. The van der Waals surface area contributed by atoms with Crippen molar-refractivity contribution in [3.63, 3.8) is 0 Å². The minimum absolute atomic E-state index is 0.898. The topological polar surface area (TPSA) is 23.0 Å². The van der Waals surface area contributed by atoms with E-state index in [9.17, 15) is 0 Å². The van der Waals surface area contributed by atoms with E-state index in [-0.39, 0.29) is 0 Å².